The van der Waals surface area contributed by atoms with Gasteiger partial charge in [0.15, 0.2) is 0 Å². The first kappa shape index (κ1) is 11.7. The van der Waals surface area contributed by atoms with Crippen LogP contribution in [0.1, 0.15) is 18.1 Å². The van der Waals surface area contributed by atoms with E-state index in [2.05, 4.69) is 65.5 Å². The Morgan fingerprint density at radius 1 is 1.21 bits per heavy atom. The lowest BCUT2D eigenvalue weighted by Gasteiger charge is -2.06. The molecular formula is C17H16N2. The minimum absolute atomic E-state index is 0.999. The van der Waals surface area contributed by atoms with Gasteiger partial charge in [-0.2, -0.15) is 0 Å². The lowest BCUT2D eigenvalue weighted by atomic mass is 10.1. The van der Waals surface area contributed by atoms with Gasteiger partial charge in [0.05, 0.1) is 11.0 Å². The fourth-order valence-corrected chi connectivity index (χ4v) is 2.29. The molecule has 0 saturated heterocycles. The minimum atomic E-state index is 0.999. The smallest absolute Gasteiger partial charge is 0.100 e. The highest BCUT2D eigenvalue weighted by atomic mass is 15.0. The van der Waals surface area contributed by atoms with Crippen molar-refractivity contribution in [2.24, 2.45) is 0 Å². The molecule has 0 aliphatic rings. The molecular weight excluding hydrogens is 232 g/mol. The Balaban J connectivity index is 2.16. The Kier molecular flexibility index (Phi) is 2.92. The summed E-state index contributed by atoms with van der Waals surface area (Å²) in [4.78, 5) is 4.47. The number of hydrogen-bond acceptors (Lipinski definition) is 1. The predicted octanol–water partition coefficient (Wildman–Crippen LogP) is 4.23. The lowest BCUT2D eigenvalue weighted by molar-refractivity contribution is 1.07. The van der Waals surface area contributed by atoms with Gasteiger partial charge in [0, 0.05) is 5.69 Å². The molecule has 3 rings (SSSR count). The maximum atomic E-state index is 4.47. The molecule has 0 atom stereocenters. The second-order valence-corrected chi connectivity index (χ2v) is 4.59. The van der Waals surface area contributed by atoms with Crippen molar-refractivity contribution >= 4 is 17.1 Å². The topological polar surface area (TPSA) is 17.8 Å². The number of rotatable bonds is 3. The van der Waals surface area contributed by atoms with E-state index in [-0.39, 0.29) is 0 Å². The molecule has 0 amide bonds. The molecule has 2 aromatic carbocycles. The molecule has 0 spiro atoms. The first-order valence-electron chi connectivity index (χ1n) is 6.50. The quantitative estimate of drug-likeness (QED) is 0.678. The van der Waals surface area contributed by atoms with Crippen molar-refractivity contribution in [3.8, 4) is 5.69 Å². The molecule has 0 bridgehead atoms. The van der Waals surface area contributed by atoms with E-state index >= 15 is 0 Å². The van der Waals surface area contributed by atoms with E-state index in [4.69, 9.17) is 0 Å². The average Bonchev–Trinajstić information content (AvgIpc) is 2.90. The van der Waals surface area contributed by atoms with E-state index in [1.807, 2.05) is 12.4 Å². The second kappa shape index (κ2) is 4.73. The van der Waals surface area contributed by atoms with Gasteiger partial charge in [-0.15, -0.1) is 0 Å². The van der Waals surface area contributed by atoms with Crippen molar-refractivity contribution in [2.75, 3.05) is 0 Å². The number of aryl methyl sites for hydroxylation is 1. The number of imidazole rings is 1. The molecule has 0 saturated carbocycles. The molecule has 2 nitrogen and oxygen atoms in total. The van der Waals surface area contributed by atoms with Crippen molar-refractivity contribution < 1.29 is 0 Å². The third-order valence-corrected chi connectivity index (χ3v) is 3.40. The maximum absolute atomic E-state index is 4.47. The van der Waals surface area contributed by atoms with Crippen LogP contribution in [-0.2, 0) is 6.42 Å². The Hall–Kier alpha value is -2.35. The molecule has 0 unspecified atom stereocenters. The summed E-state index contributed by atoms with van der Waals surface area (Å²) in [5.41, 5.74) is 5.72. The van der Waals surface area contributed by atoms with Gasteiger partial charge in [-0.3, -0.25) is 4.57 Å². The van der Waals surface area contributed by atoms with Crippen molar-refractivity contribution in [3.63, 3.8) is 0 Å². The normalized spacial score (nSPS) is 10.8. The molecule has 19 heavy (non-hydrogen) atoms. The van der Waals surface area contributed by atoms with Gasteiger partial charge >= 0.3 is 0 Å². The van der Waals surface area contributed by atoms with Gasteiger partial charge in [-0.05, 0) is 41.8 Å². The summed E-state index contributed by atoms with van der Waals surface area (Å²) in [5.74, 6) is 0. The summed E-state index contributed by atoms with van der Waals surface area (Å²) in [6, 6.07) is 14.8. The van der Waals surface area contributed by atoms with Crippen molar-refractivity contribution in [1.29, 1.82) is 0 Å². The second-order valence-electron chi connectivity index (χ2n) is 4.59. The third-order valence-electron chi connectivity index (χ3n) is 3.40. The van der Waals surface area contributed by atoms with E-state index in [9.17, 15) is 0 Å². The van der Waals surface area contributed by atoms with Crippen LogP contribution in [0, 0.1) is 0 Å². The van der Waals surface area contributed by atoms with Crippen molar-refractivity contribution in [2.45, 2.75) is 13.3 Å². The van der Waals surface area contributed by atoms with Crippen LogP contribution in [0.4, 0.5) is 0 Å². The summed E-state index contributed by atoms with van der Waals surface area (Å²) in [7, 11) is 0. The van der Waals surface area contributed by atoms with Gasteiger partial charge in [0.2, 0.25) is 0 Å². The zero-order valence-corrected chi connectivity index (χ0v) is 11.0. The number of benzene rings is 2. The summed E-state index contributed by atoms with van der Waals surface area (Å²) in [6.45, 7) is 5.96. The molecule has 2 heteroatoms. The first-order valence-corrected chi connectivity index (χ1v) is 6.50. The highest BCUT2D eigenvalue weighted by Gasteiger charge is 2.05. The lowest BCUT2D eigenvalue weighted by Crippen LogP contribution is -1.93. The summed E-state index contributed by atoms with van der Waals surface area (Å²) in [5, 5.41) is 0. The van der Waals surface area contributed by atoms with Crippen molar-refractivity contribution in [1.82, 2.24) is 9.55 Å². The van der Waals surface area contributed by atoms with Crippen LogP contribution >= 0.6 is 0 Å². The van der Waals surface area contributed by atoms with Crippen LogP contribution in [0.3, 0.4) is 0 Å². The zero-order valence-electron chi connectivity index (χ0n) is 11.0. The SMILES string of the molecule is C=Cc1ccc2c(c1)ncn2-c1cccc(CC)c1. The number of aromatic nitrogens is 2. The average molecular weight is 248 g/mol. The van der Waals surface area contributed by atoms with Crippen LogP contribution in [0.2, 0.25) is 0 Å². The van der Waals surface area contributed by atoms with Gasteiger partial charge < -0.3 is 0 Å². The molecule has 3 aromatic rings. The summed E-state index contributed by atoms with van der Waals surface area (Å²) < 4.78 is 2.13. The van der Waals surface area contributed by atoms with Crippen LogP contribution < -0.4 is 0 Å². The number of nitrogens with zero attached hydrogens (tertiary/aromatic N) is 2. The predicted molar refractivity (Wildman–Crippen MR) is 80.5 cm³/mol. The van der Waals surface area contributed by atoms with E-state index < -0.39 is 0 Å². The first-order chi connectivity index (χ1) is 9.31. The monoisotopic (exact) mass is 248 g/mol. The van der Waals surface area contributed by atoms with Crippen LogP contribution in [0.5, 0.6) is 0 Å². The third kappa shape index (κ3) is 2.06. The molecule has 0 N–H and O–H groups in total. The largest absolute Gasteiger partial charge is 0.299 e. The van der Waals surface area contributed by atoms with Gasteiger partial charge in [-0.1, -0.05) is 37.8 Å². The Bertz CT molecular complexity index is 738. The molecule has 0 radical (unpaired) electrons. The van der Waals surface area contributed by atoms with Crippen LogP contribution in [0.25, 0.3) is 22.8 Å². The highest BCUT2D eigenvalue weighted by molar-refractivity contribution is 5.80. The van der Waals surface area contributed by atoms with Gasteiger partial charge in [-0.25, -0.2) is 4.98 Å². The van der Waals surface area contributed by atoms with Gasteiger partial charge in [0.1, 0.15) is 6.33 Å². The van der Waals surface area contributed by atoms with Crippen LogP contribution in [0.15, 0.2) is 55.4 Å². The molecule has 1 heterocycles. The summed E-state index contributed by atoms with van der Waals surface area (Å²) in [6.07, 6.45) is 4.77. The van der Waals surface area contributed by atoms with E-state index in [0.717, 1.165) is 28.7 Å². The Morgan fingerprint density at radius 2 is 2.11 bits per heavy atom. The molecule has 94 valence electrons. The van der Waals surface area contributed by atoms with E-state index in [1.54, 1.807) is 0 Å². The van der Waals surface area contributed by atoms with Gasteiger partial charge in [0.25, 0.3) is 0 Å². The van der Waals surface area contributed by atoms with Crippen LogP contribution in [-0.4, -0.2) is 9.55 Å². The van der Waals surface area contributed by atoms with Crippen molar-refractivity contribution in [3.05, 3.63) is 66.5 Å². The molecule has 1 aromatic heterocycles. The fourth-order valence-electron chi connectivity index (χ4n) is 2.29. The number of hydrogen-bond donors (Lipinski definition) is 0. The fraction of sp³-hybridized carbons (Fsp3) is 0.118. The Labute approximate surface area is 113 Å². The Morgan fingerprint density at radius 3 is 2.89 bits per heavy atom. The zero-order chi connectivity index (χ0) is 13.2. The maximum Gasteiger partial charge on any atom is 0.100 e. The molecule has 0 aliphatic heterocycles. The number of fused-ring (bicyclic) bond motifs is 1. The minimum Gasteiger partial charge on any atom is -0.299 e. The molecule has 0 aliphatic carbocycles. The highest BCUT2D eigenvalue weighted by Crippen LogP contribution is 2.20. The van der Waals surface area contributed by atoms with E-state index in [0.29, 0.717) is 0 Å². The summed E-state index contributed by atoms with van der Waals surface area (Å²) >= 11 is 0. The molecule has 0 fully saturated rings. The van der Waals surface area contributed by atoms with E-state index in [1.165, 1.54) is 5.56 Å². The standard InChI is InChI=1S/C17H16N2/c1-3-13-6-5-7-15(10-13)19-12-18-16-11-14(4-2)8-9-17(16)19/h4-12H,2-3H2,1H3.